The van der Waals surface area contributed by atoms with Crippen LogP contribution in [-0.2, 0) is 9.47 Å². The number of anilines is 2. The molecule has 2 rings (SSSR count). The van der Waals surface area contributed by atoms with Crippen LogP contribution in [0.25, 0.3) is 0 Å². The number of nitrogens with zero attached hydrogens (tertiary/aromatic N) is 4. The molecule has 1 aromatic carbocycles. The van der Waals surface area contributed by atoms with Gasteiger partial charge in [-0.15, -0.1) is 0 Å². The minimum atomic E-state index is -0.602. The van der Waals surface area contributed by atoms with Crippen LogP contribution in [0.15, 0.2) is 35.1 Å². The molecular formula is C17H21BrN6O5. The number of hydrogen-bond donors (Lipinski definition) is 2. The molecular weight excluding hydrogens is 448 g/mol. The number of amides is 1. The van der Waals surface area contributed by atoms with Gasteiger partial charge >= 0.3 is 5.69 Å². The number of rotatable bonds is 11. The van der Waals surface area contributed by atoms with E-state index in [0.29, 0.717) is 36.3 Å². The summed E-state index contributed by atoms with van der Waals surface area (Å²) in [7, 11) is 3.07. The summed E-state index contributed by atoms with van der Waals surface area (Å²) >= 11 is 3.29. The second-order valence-electron chi connectivity index (χ2n) is 5.68. The Balaban J connectivity index is 2.28. The summed E-state index contributed by atoms with van der Waals surface area (Å²) in [6, 6.07) is 6.79. The summed E-state index contributed by atoms with van der Waals surface area (Å²) in [4.78, 5) is 33.1. The van der Waals surface area contributed by atoms with Crippen molar-refractivity contribution in [3.05, 3.63) is 50.7 Å². The third kappa shape index (κ3) is 6.07. The number of carbonyl (C=O) groups is 1. The van der Waals surface area contributed by atoms with Crippen LogP contribution in [0, 0.1) is 10.1 Å². The maximum absolute atomic E-state index is 12.4. The van der Waals surface area contributed by atoms with Crippen LogP contribution in [0.2, 0.25) is 0 Å². The molecule has 0 aliphatic rings. The lowest BCUT2D eigenvalue weighted by Crippen LogP contribution is -2.33. The molecule has 12 heteroatoms. The first-order valence-corrected chi connectivity index (χ1v) is 9.32. The van der Waals surface area contributed by atoms with Crippen molar-refractivity contribution in [2.24, 2.45) is 0 Å². The number of hydrazine groups is 1. The summed E-state index contributed by atoms with van der Waals surface area (Å²) in [5, 5.41) is 11.7. The Kier molecular flexibility index (Phi) is 8.70. The number of nitro groups is 1. The average molecular weight is 469 g/mol. The summed E-state index contributed by atoms with van der Waals surface area (Å²) in [6.07, 6.45) is 1.18. The number of ether oxygens (including phenoxy) is 2. The van der Waals surface area contributed by atoms with E-state index in [1.807, 2.05) is 0 Å². The Bertz CT molecular complexity index is 845. The van der Waals surface area contributed by atoms with Gasteiger partial charge in [0.05, 0.1) is 23.7 Å². The predicted octanol–water partition coefficient (Wildman–Crippen LogP) is 2.00. The highest BCUT2D eigenvalue weighted by Crippen LogP contribution is 2.31. The highest BCUT2D eigenvalue weighted by molar-refractivity contribution is 9.10. The summed E-state index contributed by atoms with van der Waals surface area (Å²) in [5.74, 6) is -0.528. The van der Waals surface area contributed by atoms with Crippen molar-refractivity contribution in [1.82, 2.24) is 15.4 Å². The molecule has 2 aromatic rings. The number of methoxy groups -OCH3 is 2. The lowest BCUT2D eigenvalue weighted by Gasteiger charge is -2.23. The SMILES string of the molecule is COCCN(CCOC)c1ncnc(NNC(=O)c2ccccc2Br)c1[N+](=O)[O-]. The highest BCUT2D eigenvalue weighted by atomic mass is 79.9. The van der Waals surface area contributed by atoms with Gasteiger partial charge in [-0.1, -0.05) is 12.1 Å². The zero-order valence-corrected chi connectivity index (χ0v) is 17.5. The largest absolute Gasteiger partial charge is 0.383 e. The Labute approximate surface area is 175 Å². The third-order valence-electron chi connectivity index (χ3n) is 3.83. The van der Waals surface area contributed by atoms with Crippen molar-refractivity contribution >= 4 is 39.2 Å². The minimum Gasteiger partial charge on any atom is -0.383 e. The standard InChI is InChI=1S/C17H21BrN6O5/c1-28-9-7-23(8-10-29-2)16-14(24(26)27)15(19-11-20-16)21-22-17(25)12-5-3-4-6-13(12)18/h3-6,11H,7-10H2,1-2H3,(H,22,25)(H,19,20,21). The monoisotopic (exact) mass is 468 g/mol. The number of nitrogens with one attached hydrogen (secondary N) is 2. The number of aromatic nitrogens is 2. The first kappa shape index (κ1) is 22.5. The first-order chi connectivity index (χ1) is 14.0. The Morgan fingerprint density at radius 3 is 2.45 bits per heavy atom. The molecule has 1 amide bonds. The molecule has 11 nitrogen and oxygen atoms in total. The van der Waals surface area contributed by atoms with Crippen molar-refractivity contribution in [2.75, 3.05) is 50.8 Å². The summed E-state index contributed by atoms with van der Waals surface area (Å²) in [6.45, 7) is 1.40. The van der Waals surface area contributed by atoms with Crippen LogP contribution < -0.4 is 15.8 Å². The van der Waals surface area contributed by atoms with Crippen molar-refractivity contribution in [3.8, 4) is 0 Å². The van der Waals surface area contributed by atoms with Crippen LogP contribution in [-0.4, -0.2) is 61.3 Å². The van der Waals surface area contributed by atoms with Gasteiger partial charge in [-0.05, 0) is 28.1 Å². The van der Waals surface area contributed by atoms with Gasteiger partial charge in [0.1, 0.15) is 6.33 Å². The maximum atomic E-state index is 12.4. The van der Waals surface area contributed by atoms with Gasteiger partial charge < -0.3 is 14.4 Å². The van der Waals surface area contributed by atoms with Gasteiger partial charge in [-0.25, -0.2) is 9.97 Å². The van der Waals surface area contributed by atoms with Gasteiger partial charge in [0.25, 0.3) is 5.91 Å². The molecule has 29 heavy (non-hydrogen) atoms. The lowest BCUT2D eigenvalue weighted by atomic mass is 10.2. The van der Waals surface area contributed by atoms with Crippen LogP contribution in [0.5, 0.6) is 0 Å². The minimum absolute atomic E-state index is 0.0942. The van der Waals surface area contributed by atoms with Crippen molar-refractivity contribution in [3.63, 3.8) is 0 Å². The molecule has 0 aliphatic heterocycles. The van der Waals surface area contributed by atoms with E-state index in [9.17, 15) is 14.9 Å². The molecule has 0 fully saturated rings. The lowest BCUT2D eigenvalue weighted by molar-refractivity contribution is -0.383. The van der Waals surface area contributed by atoms with Crippen LogP contribution in [0.1, 0.15) is 10.4 Å². The summed E-state index contributed by atoms with van der Waals surface area (Å²) < 4.78 is 10.7. The second kappa shape index (κ2) is 11.2. The van der Waals surface area contributed by atoms with E-state index in [-0.39, 0.29) is 17.3 Å². The van der Waals surface area contributed by atoms with Crippen LogP contribution in [0.3, 0.4) is 0 Å². The van der Waals surface area contributed by atoms with E-state index in [4.69, 9.17) is 9.47 Å². The van der Waals surface area contributed by atoms with Gasteiger partial charge in [-0.3, -0.25) is 25.8 Å². The molecule has 1 aromatic heterocycles. The smallest absolute Gasteiger partial charge is 0.355 e. The zero-order chi connectivity index (χ0) is 21.2. The predicted molar refractivity (Wildman–Crippen MR) is 110 cm³/mol. The molecule has 156 valence electrons. The fourth-order valence-electron chi connectivity index (χ4n) is 2.42. The van der Waals surface area contributed by atoms with E-state index in [1.165, 1.54) is 20.5 Å². The van der Waals surface area contributed by atoms with Crippen LogP contribution >= 0.6 is 15.9 Å². The Morgan fingerprint density at radius 2 is 1.86 bits per heavy atom. The maximum Gasteiger partial charge on any atom is 0.355 e. The van der Waals surface area contributed by atoms with E-state index in [2.05, 4.69) is 36.7 Å². The Hall–Kier alpha value is -2.83. The van der Waals surface area contributed by atoms with Crippen molar-refractivity contribution in [1.29, 1.82) is 0 Å². The summed E-state index contributed by atoms with van der Waals surface area (Å²) in [5.41, 5.74) is 4.94. The number of carbonyl (C=O) groups excluding carboxylic acids is 1. The van der Waals surface area contributed by atoms with Crippen LogP contribution in [0.4, 0.5) is 17.3 Å². The number of hydrogen-bond acceptors (Lipinski definition) is 9. The van der Waals surface area contributed by atoms with E-state index in [0.717, 1.165) is 0 Å². The first-order valence-electron chi connectivity index (χ1n) is 8.52. The zero-order valence-electron chi connectivity index (χ0n) is 15.9. The third-order valence-corrected chi connectivity index (χ3v) is 4.52. The van der Waals surface area contributed by atoms with Gasteiger partial charge in [0, 0.05) is 31.8 Å². The molecule has 0 spiro atoms. The second-order valence-corrected chi connectivity index (χ2v) is 6.54. The molecule has 0 bridgehead atoms. The quantitative estimate of drug-likeness (QED) is 0.375. The molecule has 0 atom stereocenters. The van der Waals surface area contributed by atoms with E-state index < -0.39 is 10.8 Å². The fourth-order valence-corrected chi connectivity index (χ4v) is 2.88. The molecule has 0 saturated carbocycles. The normalized spacial score (nSPS) is 10.4. The molecule has 0 saturated heterocycles. The fraction of sp³-hybridized carbons (Fsp3) is 0.353. The van der Waals surface area contributed by atoms with Gasteiger partial charge in [0.15, 0.2) is 0 Å². The van der Waals surface area contributed by atoms with Gasteiger partial charge in [0.2, 0.25) is 11.6 Å². The van der Waals surface area contributed by atoms with Crippen molar-refractivity contribution < 1.29 is 19.2 Å². The number of benzene rings is 1. The van der Waals surface area contributed by atoms with E-state index in [1.54, 1.807) is 29.2 Å². The molecule has 0 radical (unpaired) electrons. The molecule has 1 heterocycles. The van der Waals surface area contributed by atoms with E-state index >= 15 is 0 Å². The topological polar surface area (TPSA) is 132 Å². The number of halogens is 1. The molecule has 0 unspecified atom stereocenters. The Morgan fingerprint density at radius 1 is 1.21 bits per heavy atom. The molecule has 2 N–H and O–H groups in total. The van der Waals surface area contributed by atoms with Crippen molar-refractivity contribution in [2.45, 2.75) is 0 Å². The highest BCUT2D eigenvalue weighted by Gasteiger charge is 2.27. The van der Waals surface area contributed by atoms with Gasteiger partial charge in [-0.2, -0.15) is 0 Å². The molecule has 0 aliphatic carbocycles. The average Bonchev–Trinajstić information content (AvgIpc) is 2.72.